The number of benzene rings is 1. The number of anilines is 1. The summed E-state index contributed by atoms with van der Waals surface area (Å²) in [7, 11) is -3.79. The van der Waals surface area contributed by atoms with E-state index >= 15 is 0 Å². The number of aromatic nitrogens is 3. The molecule has 0 amide bonds. The molecular weight excluding hydrogens is 390 g/mol. The quantitative estimate of drug-likeness (QED) is 0.380. The van der Waals surface area contributed by atoms with Crippen molar-refractivity contribution in [3.8, 4) is 5.88 Å². The van der Waals surface area contributed by atoms with Gasteiger partial charge in [0.15, 0.2) is 4.77 Å². The van der Waals surface area contributed by atoms with Crippen molar-refractivity contribution in [2.75, 3.05) is 4.72 Å². The molecule has 9 nitrogen and oxygen atoms in total. The van der Waals surface area contributed by atoms with E-state index < -0.39 is 21.5 Å². The molecule has 0 fully saturated rings. The Bertz CT molecular complexity index is 1200. The van der Waals surface area contributed by atoms with E-state index in [0.29, 0.717) is 5.69 Å². The number of aromatic hydroxyl groups is 1. The first-order chi connectivity index (χ1) is 12.8. The zero-order valence-electron chi connectivity index (χ0n) is 13.6. The Balaban J connectivity index is 1.82. The van der Waals surface area contributed by atoms with E-state index in [9.17, 15) is 18.3 Å². The van der Waals surface area contributed by atoms with Crippen LogP contribution in [0.25, 0.3) is 0 Å². The summed E-state index contributed by atoms with van der Waals surface area (Å²) < 4.78 is 27.0. The van der Waals surface area contributed by atoms with Gasteiger partial charge in [-0.1, -0.05) is 6.07 Å². The van der Waals surface area contributed by atoms with Crippen LogP contribution in [0.1, 0.15) is 5.56 Å². The lowest BCUT2D eigenvalue weighted by Crippen LogP contribution is -2.13. The van der Waals surface area contributed by atoms with Crippen molar-refractivity contribution >= 4 is 40.0 Å². The van der Waals surface area contributed by atoms with Gasteiger partial charge >= 0.3 is 0 Å². The largest absolute Gasteiger partial charge is 0.494 e. The summed E-state index contributed by atoms with van der Waals surface area (Å²) in [6.07, 6.45) is 2.62. The van der Waals surface area contributed by atoms with Crippen LogP contribution in [0, 0.1) is 4.77 Å². The molecule has 0 saturated heterocycles. The third-order valence-electron chi connectivity index (χ3n) is 3.35. The number of hydrogen-bond acceptors (Lipinski definition) is 7. The maximum absolute atomic E-state index is 12.3. The standard InChI is InChI=1S/C16H13N5O4S2/c22-14-12(15(23)20-16(26)19-14)9-18-10-4-6-11(7-5-10)27(24,25)21-13-3-1-2-8-17-13/h1-9H,(H,17,21)(H3,19,20,22,23,26). The van der Waals surface area contributed by atoms with Crippen LogP contribution in [0.5, 0.6) is 5.88 Å². The highest BCUT2D eigenvalue weighted by Crippen LogP contribution is 2.19. The Morgan fingerprint density at radius 2 is 1.89 bits per heavy atom. The third kappa shape index (κ3) is 4.46. The van der Waals surface area contributed by atoms with Gasteiger partial charge in [-0.25, -0.2) is 13.4 Å². The van der Waals surface area contributed by atoms with E-state index in [1.807, 2.05) is 0 Å². The average Bonchev–Trinajstić information content (AvgIpc) is 2.61. The fourth-order valence-electron chi connectivity index (χ4n) is 2.07. The molecular formula is C16H13N5O4S2. The number of aliphatic imine (C=N–C) groups is 1. The van der Waals surface area contributed by atoms with E-state index in [2.05, 4.69) is 24.7 Å². The number of pyridine rings is 1. The van der Waals surface area contributed by atoms with Gasteiger partial charge in [0.1, 0.15) is 11.4 Å². The molecule has 0 unspecified atom stereocenters. The lowest BCUT2D eigenvalue weighted by Gasteiger charge is -2.07. The summed E-state index contributed by atoms with van der Waals surface area (Å²) in [5, 5.41) is 9.71. The van der Waals surface area contributed by atoms with Crippen molar-refractivity contribution in [1.82, 2.24) is 15.0 Å². The minimum Gasteiger partial charge on any atom is -0.494 e. The first-order valence-corrected chi connectivity index (χ1v) is 9.38. The molecule has 0 aliphatic carbocycles. The number of nitrogens with one attached hydrogen (secondary N) is 3. The molecule has 0 saturated carbocycles. The summed E-state index contributed by atoms with van der Waals surface area (Å²) in [6.45, 7) is 0. The summed E-state index contributed by atoms with van der Waals surface area (Å²) in [4.78, 5) is 24.5. The molecule has 27 heavy (non-hydrogen) atoms. The monoisotopic (exact) mass is 403 g/mol. The number of sulfonamides is 1. The Morgan fingerprint density at radius 1 is 1.15 bits per heavy atom. The van der Waals surface area contributed by atoms with E-state index in [0.717, 1.165) is 6.21 Å². The Kier molecular flexibility index (Phi) is 5.14. The minimum absolute atomic E-state index is 0.00962. The summed E-state index contributed by atoms with van der Waals surface area (Å²) in [5.41, 5.74) is -0.316. The number of aromatic amines is 2. The van der Waals surface area contributed by atoms with Gasteiger partial charge in [0, 0.05) is 12.4 Å². The normalized spacial score (nSPS) is 11.6. The zero-order chi connectivity index (χ0) is 19.4. The van der Waals surface area contributed by atoms with Gasteiger partial charge in [-0.05, 0) is 48.6 Å². The topological polar surface area (TPSA) is 140 Å². The number of rotatable bonds is 5. The highest BCUT2D eigenvalue weighted by atomic mass is 32.2. The lowest BCUT2D eigenvalue weighted by atomic mass is 10.3. The molecule has 0 atom stereocenters. The summed E-state index contributed by atoms with van der Waals surface area (Å²) >= 11 is 4.74. The first kappa shape index (κ1) is 18.5. The van der Waals surface area contributed by atoms with E-state index in [-0.39, 0.29) is 21.0 Å². The maximum Gasteiger partial charge on any atom is 0.264 e. The second-order valence-electron chi connectivity index (χ2n) is 5.24. The van der Waals surface area contributed by atoms with Gasteiger partial charge in [0.05, 0.1) is 10.6 Å². The summed E-state index contributed by atoms with van der Waals surface area (Å²) in [6, 6.07) is 10.5. The molecule has 4 N–H and O–H groups in total. The average molecular weight is 403 g/mol. The van der Waals surface area contributed by atoms with E-state index in [1.165, 1.54) is 36.5 Å². The minimum atomic E-state index is -3.79. The predicted octanol–water partition coefficient (Wildman–Crippen LogP) is 2.08. The molecule has 11 heteroatoms. The molecule has 0 aliphatic heterocycles. The lowest BCUT2D eigenvalue weighted by molar-refractivity contribution is 0.449. The highest BCUT2D eigenvalue weighted by molar-refractivity contribution is 7.92. The van der Waals surface area contributed by atoms with Crippen LogP contribution in [0.4, 0.5) is 11.5 Å². The van der Waals surface area contributed by atoms with Crippen molar-refractivity contribution in [3.63, 3.8) is 0 Å². The van der Waals surface area contributed by atoms with Gasteiger partial charge in [-0.3, -0.25) is 19.5 Å². The van der Waals surface area contributed by atoms with Gasteiger partial charge in [-0.15, -0.1) is 0 Å². The molecule has 2 heterocycles. The second-order valence-corrected chi connectivity index (χ2v) is 7.33. The maximum atomic E-state index is 12.3. The molecule has 138 valence electrons. The first-order valence-electron chi connectivity index (χ1n) is 7.49. The van der Waals surface area contributed by atoms with Crippen molar-refractivity contribution in [1.29, 1.82) is 0 Å². The molecule has 3 rings (SSSR count). The van der Waals surface area contributed by atoms with E-state index in [1.54, 1.807) is 12.1 Å². The van der Waals surface area contributed by atoms with Crippen LogP contribution >= 0.6 is 12.2 Å². The van der Waals surface area contributed by atoms with Crippen LogP contribution in [0.3, 0.4) is 0 Å². The molecule has 0 aliphatic rings. The van der Waals surface area contributed by atoms with Crippen molar-refractivity contribution in [3.05, 3.63) is 69.3 Å². The predicted molar refractivity (Wildman–Crippen MR) is 103 cm³/mol. The highest BCUT2D eigenvalue weighted by Gasteiger charge is 2.14. The van der Waals surface area contributed by atoms with Crippen molar-refractivity contribution in [2.45, 2.75) is 4.90 Å². The molecule has 1 aromatic carbocycles. The van der Waals surface area contributed by atoms with E-state index in [4.69, 9.17) is 12.2 Å². The summed E-state index contributed by atoms with van der Waals surface area (Å²) in [5.74, 6) is -0.206. The van der Waals surface area contributed by atoms with Crippen LogP contribution in [-0.2, 0) is 10.0 Å². The van der Waals surface area contributed by atoms with Gasteiger partial charge in [-0.2, -0.15) is 0 Å². The Morgan fingerprint density at radius 3 is 2.52 bits per heavy atom. The fourth-order valence-corrected chi connectivity index (χ4v) is 3.27. The van der Waals surface area contributed by atoms with Gasteiger partial charge in [0.2, 0.25) is 5.88 Å². The molecule has 3 aromatic rings. The number of hydrogen-bond donors (Lipinski definition) is 4. The smallest absolute Gasteiger partial charge is 0.264 e. The van der Waals surface area contributed by atoms with Crippen molar-refractivity contribution in [2.24, 2.45) is 4.99 Å². The molecule has 0 bridgehead atoms. The molecule has 0 spiro atoms. The Labute approximate surface area is 158 Å². The second kappa shape index (κ2) is 7.51. The number of nitrogens with zero attached hydrogens (tertiary/aromatic N) is 2. The van der Waals surface area contributed by atoms with Crippen LogP contribution in [0.2, 0.25) is 0 Å². The Hall–Kier alpha value is -3.31. The van der Waals surface area contributed by atoms with Gasteiger partial charge in [0.25, 0.3) is 15.6 Å². The third-order valence-corrected chi connectivity index (χ3v) is 4.93. The van der Waals surface area contributed by atoms with Gasteiger partial charge < -0.3 is 10.1 Å². The molecule has 0 radical (unpaired) electrons. The van der Waals surface area contributed by atoms with Crippen molar-refractivity contribution < 1.29 is 13.5 Å². The zero-order valence-corrected chi connectivity index (χ0v) is 15.2. The SMILES string of the molecule is O=c1[nH]c(=S)[nH]c(O)c1C=Nc1ccc(S(=O)(=O)Nc2ccccn2)cc1. The fraction of sp³-hybridized carbons (Fsp3) is 0. The number of H-pyrrole nitrogens is 2. The van der Waals surface area contributed by atoms with Crippen LogP contribution < -0.4 is 10.3 Å². The molecule has 2 aromatic heterocycles. The van der Waals surface area contributed by atoms with Crippen LogP contribution in [0.15, 0.2) is 63.3 Å². The van der Waals surface area contributed by atoms with Crippen LogP contribution in [-0.4, -0.2) is 34.7 Å².